The summed E-state index contributed by atoms with van der Waals surface area (Å²) in [6.07, 6.45) is 1.34. The van der Waals surface area contributed by atoms with Crippen LogP contribution >= 0.6 is 0 Å². The van der Waals surface area contributed by atoms with Gasteiger partial charge in [0.1, 0.15) is 12.6 Å². The first-order chi connectivity index (χ1) is 16.7. The van der Waals surface area contributed by atoms with Crippen molar-refractivity contribution in [2.75, 3.05) is 6.61 Å². The fraction of sp³-hybridized carbons (Fsp3) is 0.464. The Morgan fingerprint density at radius 3 is 2.17 bits per heavy atom. The zero-order chi connectivity index (χ0) is 24.9. The summed E-state index contributed by atoms with van der Waals surface area (Å²) in [5.74, 6) is -1.68. The van der Waals surface area contributed by atoms with Crippen LogP contribution in [0.2, 0.25) is 0 Å². The second-order valence-electron chi connectivity index (χ2n) is 11.0. The molecule has 35 heavy (non-hydrogen) atoms. The van der Waals surface area contributed by atoms with Gasteiger partial charge in [-0.3, -0.25) is 9.59 Å². The predicted octanol–water partition coefficient (Wildman–Crippen LogP) is 4.40. The number of fused-ring (bicyclic) bond motifs is 5. The van der Waals surface area contributed by atoms with Crippen molar-refractivity contribution in [1.29, 1.82) is 0 Å². The summed E-state index contributed by atoms with van der Waals surface area (Å²) in [6.45, 7) is 5.85. The van der Waals surface area contributed by atoms with E-state index in [1.165, 1.54) is 0 Å². The normalized spacial score (nSPS) is 23.5. The van der Waals surface area contributed by atoms with Gasteiger partial charge in [0, 0.05) is 18.0 Å². The fourth-order valence-electron chi connectivity index (χ4n) is 6.15. The number of aliphatic carboxylic acids is 1. The predicted molar refractivity (Wildman–Crippen MR) is 131 cm³/mol. The van der Waals surface area contributed by atoms with Gasteiger partial charge in [-0.25, -0.2) is 4.79 Å². The number of carboxylic acid groups (broad SMARTS) is 1. The number of alkyl carbamates (subject to hydrolysis) is 1. The summed E-state index contributed by atoms with van der Waals surface area (Å²) in [5.41, 5.74) is 3.98. The van der Waals surface area contributed by atoms with Gasteiger partial charge >= 0.3 is 12.1 Å². The topological polar surface area (TPSA) is 95.9 Å². The van der Waals surface area contributed by atoms with E-state index in [1.807, 2.05) is 45.0 Å². The largest absolute Gasteiger partial charge is 0.481 e. The minimum absolute atomic E-state index is 0.0670. The molecule has 2 saturated heterocycles. The van der Waals surface area contributed by atoms with Crippen molar-refractivity contribution in [3.63, 3.8) is 0 Å². The number of nitrogens with one attached hydrogen (secondary N) is 1. The Morgan fingerprint density at radius 2 is 1.63 bits per heavy atom. The summed E-state index contributed by atoms with van der Waals surface area (Å²) < 4.78 is 5.69. The molecule has 0 aromatic heterocycles. The second kappa shape index (κ2) is 8.70. The SMILES string of the molecule is CC(C)(C)C(NC(=O)OCC1c2ccccc2-c2ccccc21)C(=O)N1[C@@H]2CC[C@H]1[C@@H](C(=O)O)C2. The van der Waals surface area contributed by atoms with Crippen LogP contribution in [0.4, 0.5) is 4.79 Å². The van der Waals surface area contributed by atoms with Gasteiger partial charge in [0.2, 0.25) is 5.91 Å². The minimum Gasteiger partial charge on any atom is -0.481 e. The molecule has 0 radical (unpaired) electrons. The van der Waals surface area contributed by atoms with Gasteiger partial charge in [0.05, 0.1) is 5.92 Å². The van der Waals surface area contributed by atoms with Crippen LogP contribution in [0.3, 0.4) is 0 Å². The summed E-state index contributed by atoms with van der Waals surface area (Å²) in [6, 6.07) is 15.1. The van der Waals surface area contributed by atoms with Crippen molar-refractivity contribution in [2.45, 2.75) is 64.1 Å². The molecule has 2 aromatic rings. The molecular formula is C28H32N2O5. The highest BCUT2D eigenvalue weighted by Crippen LogP contribution is 2.45. The van der Waals surface area contributed by atoms with E-state index in [4.69, 9.17) is 4.74 Å². The summed E-state index contributed by atoms with van der Waals surface area (Å²) >= 11 is 0. The van der Waals surface area contributed by atoms with Crippen molar-refractivity contribution in [2.24, 2.45) is 11.3 Å². The lowest BCUT2D eigenvalue weighted by Gasteiger charge is -2.35. The van der Waals surface area contributed by atoms with E-state index >= 15 is 0 Å². The van der Waals surface area contributed by atoms with Crippen molar-refractivity contribution >= 4 is 18.0 Å². The number of carboxylic acids is 1. The average molecular weight is 477 g/mol. The van der Waals surface area contributed by atoms with E-state index in [9.17, 15) is 19.5 Å². The maximum atomic E-state index is 13.6. The Balaban J connectivity index is 1.29. The zero-order valence-electron chi connectivity index (χ0n) is 20.4. The van der Waals surface area contributed by atoms with Gasteiger partial charge in [-0.15, -0.1) is 0 Å². The number of carbonyl (C=O) groups is 3. The van der Waals surface area contributed by atoms with Crippen LogP contribution in [0, 0.1) is 11.3 Å². The molecule has 2 aliphatic heterocycles. The van der Waals surface area contributed by atoms with Crippen LogP contribution in [0.1, 0.15) is 57.1 Å². The van der Waals surface area contributed by atoms with E-state index in [0.29, 0.717) is 12.8 Å². The first-order valence-electron chi connectivity index (χ1n) is 12.3. The van der Waals surface area contributed by atoms with E-state index in [0.717, 1.165) is 28.7 Å². The number of benzene rings is 2. The van der Waals surface area contributed by atoms with E-state index in [-0.39, 0.29) is 30.5 Å². The molecular weight excluding hydrogens is 444 g/mol. The van der Waals surface area contributed by atoms with Crippen LogP contribution < -0.4 is 5.32 Å². The monoisotopic (exact) mass is 476 g/mol. The smallest absolute Gasteiger partial charge is 0.407 e. The molecule has 0 spiro atoms. The third-order valence-corrected chi connectivity index (χ3v) is 7.83. The molecule has 0 saturated carbocycles. The highest BCUT2D eigenvalue weighted by atomic mass is 16.5. The van der Waals surface area contributed by atoms with E-state index in [2.05, 4.69) is 29.6 Å². The molecule has 2 N–H and O–H groups in total. The van der Waals surface area contributed by atoms with Crippen molar-refractivity contribution in [3.8, 4) is 11.1 Å². The Kier molecular flexibility index (Phi) is 5.82. The number of rotatable bonds is 5. The number of carbonyl (C=O) groups excluding carboxylic acids is 2. The summed E-state index contributed by atoms with van der Waals surface area (Å²) in [7, 11) is 0. The quantitative estimate of drug-likeness (QED) is 0.667. The third-order valence-electron chi connectivity index (χ3n) is 7.83. The number of hydrogen-bond donors (Lipinski definition) is 2. The number of hydrogen-bond acceptors (Lipinski definition) is 4. The first-order valence-corrected chi connectivity index (χ1v) is 12.3. The van der Waals surface area contributed by atoms with Gasteiger partial charge in [-0.1, -0.05) is 69.3 Å². The molecule has 3 aliphatic rings. The van der Waals surface area contributed by atoms with Crippen molar-refractivity contribution in [3.05, 3.63) is 59.7 Å². The standard InChI is InChI=1S/C28H32N2O5/c1-28(2,3)24(25(31)30-16-12-13-23(30)21(14-16)26(32)33)29-27(34)35-15-22-19-10-6-4-8-17(19)18-9-5-7-11-20(18)22/h4-11,16,21-24H,12-15H2,1-3H3,(H,29,34)(H,32,33)/t16-,21+,23+,24?/m1/s1. The molecule has 2 amide bonds. The molecule has 2 fully saturated rings. The Labute approximate surface area is 205 Å². The van der Waals surface area contributed by atoms with Crippen LogP contribution in [0.25, 0.3) is 11.1 Å². The minimum atomic E-state index is -0.855. The Hall–Kier alpha value is -3.35. The Morgan fingerprint density at radius 1 is 1.03 bits per heavy atom. The number of ether oxygens (including phenoxy) is 1. The van der Waals surface area contributed by atoms with Gasteiger partial charge in [0.25, 0.3) is 0 Å². The molecule has 5 rings (SSSR count). The lowest BCUT2D eigenvalue weighted by molar-refractivity contribution is -0.143. The molecule has 2 aromatic carbocycles. The molecule has 7 nitrogen and oxygen atoms in total. The maximum absolute atomic E-state index is 13.6. The number of amides is 2. The molecule has 184 valence electrons. The second-order valence-corrected chi connectivity index (χ2v) is 11.0. The van der Waals surface area contributed by atoms with Gasteiger partial charge in [-0.2, -0.15) is 0 Å². The van der Waals surface area contributed by atoms with Crippen LogP contribution in [0.5, 0.6) is 0 Å². The molecule has 2 bridgehead atoms. The molecule has 1 unspecified atom stereocenters. The molecule has 2 heterocycles. The van der Waals surface area contributed by atoms with Crippen molar-refractivity contribution < 1.29 is 24.2 Å². The summed E-state index contributed by atoms with van der Waals surface area (Å²) in [4.78, 5) is 39.9. The molecule has 1 aliphatic carbocycles. The van der Waals surface area contributed by atoms with Crippen LogP contribution in [-0.4, -0.2) is 52.7 Å². The highest BCUT2D eigenvalue weighted by molar-refractivity contribution is 5.88. The van der Waals surface area contributed by atoms with Gasteiger partial charge in [0.15, 0.2) is 0 Å². The fourth-order valence-corrected chi connectivity index (χ4v) is 6.15. The highest BCUT2D eigenvalue weighted by Gasteiger charge is 2.53. The summed E-state index contributed by atoms with van der Waals surface area (Å²) in [5, 5.41) is 12.4. The van der Waals surface area contributed by atoms with Gasteiger partial charge in [-0.05, 0) is 46.9 Å². The average Bonchev–Trinajstić information content (AvgIpc) is 3.50. The Bertz CT molecular complexity index is 1120. The van der Waals surface area contributed by atoms with Crippen LogP contribution in [0.15, 0.2) is 48.5 Å². The molecule has 7 heteroatoms. The van der Waals surface area contributed by atoms with E-state index in [1.54, 1.807) is 4.90 Å². The van der Waals surface area contributed by atoms with Gasteiger partial charge < -0.3 is 20.1 Å². The van der Waals surface area contributed by atoms with Crippen molar-refractivity contribution in [1.82, 2.24) is 10.2 Å². The first kappa shape index (κ1) is 23.4. The maximum Gasteiger partial charge on any atom is 0.407 e. The lowest BCUT2D eigenvalue weighted by atomic mass is 9.85. The zero-order valence-corrected chi connectivity index (χ0v) is 20.4. The number of nitrogens with zero attached hydrogens (tertiary/aromatic N) is 1. The van der Waals surface area contributed by atoms with Crippen LogP contribution in [-0.2, 0) is 14.3 Å². The third kappa shape index (κ3) is 4.07. The molecule has 4 atom stereocenters. The lowest BCUT2D eigenvalue weighted by Crippen LogP contribution is -2.56. The van der Waals surface area contributed by atoms with E-state index < -0.39 is 29.4 Å².